The van der Waals surface area contributed by atoms with Gasteiger partial charge in [-0.25, -0.2) is 0 Å². The van der Waals surface area contributed by atoms with Crippen LogP contribution in [0, 0.1) is 0 Å². The fraction of sp³-hybridized carbons (Fsp3) is 0.533. The number of carbonyl (C=O) groups excluding carboxylic acids is 2. The number of aromatic nitrogens is 1. The Bertz CT molecular complexity index is 504. The second kappa shape index (κ2) is 6.97. The highest BCUT2D eigenvalue weighted by Crippen LogP contribution is 2.22. The Hall–Kier alpha value is -1.23. The lowest BCUT2D eigenvalue weighted by Crippen LogP contribution is -2.41. The van der Waals surface area contributed by atoms with Crippen molar-refractivity contribution >= 4 is 27.6 Å². The third-order valence-electron chi connectivity index (χ3n) is 3.61. The Morgan fingerprint density at radius 1 is 1.35 bits per heavy atom. The first-order chi connectivity index (χ1) is 9.58. The minimum atomic E-state index is -0.0213. The zero-order chi connectivity index (χ0) is 14.5. The zero-order valence-electron chi connectivity index (χ0n) is 11.6. The first-order valence-corrected chi connectivity index (χ1v) is 7.78. The third kappa shape index (κ3) is 3.88. The van der Waals surface area contributed by atoms with Crippen molar-refractivity contribution in [2.45, 2.75) is 45.1 Å². The summed E-state index contributed by atoms with van der Waals surface area (Å²) < 4.78 is 0.793. The fourth-order valence-corrected chi connectivity index (χ4v) is 3.05. The van der Waals surface area contributed by atoms with Gasteiger partial charge in [0.15, 0.2) is 0 Å². The molecule has 20 heavy (non-hydrogen) atoms. The molecule has 1 saturated heterocycles. The molecule has 108 valence electrons. The molecule has 1 unspecified atom stereocenters. The van der Waals surface area contributed by atoms with E-state index in [-0.39, 0.29) is 17.7 Å². The molecule has 0 spiro atoms. The molecule has 1 atom stereocenters. The van der Waals surface area contributed by atoms with Crippen molar-refractivity contribution in [1.29, 1.82) is 0 Å². The Labute approximate surface area is 127 Å². The number of nitrogens with zero attached hydrogens (tertiary/aromatic N) is 2. The summed E-state index contributed by atoms with van der Waals surface area (Å²) in [6.07, 6.45) is 7.81. The van der Waals surface area contributed by atoms with Crippen molar-refractivity contribution in [1.82, 2.24) is 9.88 Å². The Kier molecular flexibility index (Phi) is 5.29. The van der Waals surface area contributed by atoms with E-state index in [4.69, 9.17) is 0 Å². The summed E-state index contributed by atoms with van der Waals surface area (Å²) in [7, 11) is 0. The van der Waals surface area contributed by atoms with Gasteiger partial charge < -0.3 is 4.90 Å². The maximum Gasteiger partial charge on any atom is 0.255 e. The van der Waals surface area contributed by atoms with Gasteiger partial charge in [-0.1, -0.05) is 12.8 Å². The highest BCUT2D eigenvalue weighted by atomic mass is 79.9. The predicted octanol–water partition coefficient (Wildman–Crippen LogP) is 3.21. The summed E-state index contributed by atoms with van der Waals surface area (Å²) in [5.41, 5.74) is 0.579. The van der Waals surface area contributed by atoms with Gasteiger partial charge in [0.25, 0.3) is 5.91 Å². The molecule has 1 aromatic heterocycles. The molecule has 1 aromatic rings. The van der Waals surface area contributed by atoms with Crippen molar-refractivity contribution in [2.75, 3.05) is 6.54 Å². The van der Waals surface area contributed by atoms with Crippen LogP contribution in [0.5, 0.6) is 0 Å². The molecule has 1 aliphatic rings. The SMILES string of the molecule is CC(=O)CC1CCCCCN1C(=O)c1cncc(Br)c1. The van der Waals surface area contributed by atoms with E-state index in [0.29, 0.717) is 12.0 Å². The lowest BCUT2D eigenvalue weighted by molar-refractivity contribution is -0.118. The molecule has 5 heteroatoms. The van der Waals surface area contributed by atoms with E-state index in [0.717, 1.165) is 36.7 Å². The van der Waals surface area contributed by atoms with Gasteiger partial charge in [-0.05, 0) is 41.8 Å². The van der Waals surface area contributed by atoms with Gasteiger partial charge in [0.1, 0.15) is 5.78 Å². The number of carbonyl (C=O) groups is 2. The minimum Gasteiger partial charge on any atom is -0.335 e. The predicted molar refractivity (Wildman–Crippen MR) is 80.5 cm³/mol. The molecule has 2 rings (SSSR count). The van der Waals surface area contributed by atoms with Crippen LogP contribution in [0.3, 0.4) is 0 Å². The van der Waals surface area contributed by atoms with Crippen LogP contribution in [-0.2, 0) is 4.79 Å². The molecule has 1 amide bonds. The van der Waals surface area contributed by atoms with Gasteiger partial charge in [-0.3, -0.25) is 14.6 Å². The van der Waals surface area contributed by atoms with E-state index < -0.39 is 0 Å². The topological polar surface area (TPSA) is 50.3 Å². The number of ketones is 1. The van der Waals surface area contributed by atoms with Gasteiger partial charge >= 0.3 is 0 Å². The monoisotopic (exact) mass is 338 g/mol. The first-order valence-electron chi connectivity index (χ1n) is 6.99. The molecule has 0 saturated carbocycles. The fourth-order valence-electron chi connectivity index (χ4n) is 2.68. The standard InChI is InChI=1S/C15H19BrN2O2/c1-11(19)7-14-5-3-2-4-6-18(14)15(20)12-8-13(16)10-17-9-12/h8-10,14H,2-7H2,1H3. The van der Waals surface area contributed by atoms with Crippen molar-refractivity contribution in [3.05, 3.63) is 28.5 Å². The summed E-state index contributed by atoms with van der Waals surface area (Å²) in [6.45, 7) is 2.32. The molecule has 0 radical (unpaired) electrons. The molecule has 0 aromatic carbocycles. The van der Waals surface area contributed by atoms with E-state index in [9.17, 15) is 9.59 Å². The van der Waals surface area contributed by atoms with Crippen LogP contribution in [0.25, 0.3) is 0 Å². The van der Waals surface area contributed by atoms with E-state index in [1.807, 2.05) is 4.90 Å². The molecular weight excluding hydrogens is 320 g/mol. The van der Waals surface area contributed by atoms with E-state index in [1.165, 1.54) is 0 Å². The maximum absolute atomic E-state index is 12.7. The average molecular weight is 339 g/mol. The maximum atomic E-state index is 12.7. The zero-order valence-corrected chi connectivity index (χ0v) is 13.2. The van der Waals surface area contributed by atoms with Crippen molar-refractivity contribution in [3.8, 4) is 0 Å². The molecule has 1 aliphatic heterocycles. The third-order valence-corrected chi connectivity index (χ3v) is 4.05. The molecule has 0 N–H and O–H groups in total. The summed E-state index contributed by atoms with van der Waals surface area (Å²) >= 11 is 3.34. The van der Waals surface area contributed by atoms with E-state index in [1.54, 1.807) is 25.4 Å². The van der Waals surface area contributed by atoms with Gasteiger partial charge in [-0.15, -0.1) is 0 Å². The summed E-state index contributed by atoms with van der Waals surface area (Å²) in [4.78, 5) is 30.0. The molecule has 2 heterocycles. The van der Waals surface area contributed by atoms with Crippen LogP contribution >= 0.6 is 15.9 Å². The number of hydrogen-bond donors (Lipinski definition) is 0. The van der Waals surface area contributed by atoms with Crippen molar-refractivity contribution in [3.63, 3.8) is 0 Å². The first kappa shape index (κ1) is 15.2. The Balaban J connectivity index is 2.21. The van der Waals surface area contributed by atoms with Crippen LogP contribution in [0.4, 0.5) is 0 Å². The lowest BCUT2D eigenvalue weighted by atomic mass is 10.0. The van der Waals surface area contributed by atoms with Gasteiger partial charge in [0.2, 0.25) is 0 Å². The highest BCUT2D eigenvalue weighted by molar-refractivity contribution is 9.10. The molecule has 1 fully saturated rings. The van der Waals surface area contributed by atoms with Gasteiger partial charge in [0.05, 0.1) is 5.56 Å². The summed E-state index contributed by atoms with van der Waals surface area (Å²) in [6, 6.07) is 1.81. The number of rotatable bonds is 3. The second-order valence-electron chi connectivity index (χ2n) is 5.30. The van der Waals surface area contributed by atoms with Crippen molar-refractivity contribution < 1.29 is 9.59 Å². The van der Waals surface area contributed by atoms with E-state index >= 15 is 0 Å². The summed E-state index contributed by atoms with van der Waals surface area (Å²) in [5, 5.41) is 0. The van der Waals surface area contributed by atoms with Crippen LogP contribution in [0.1, 0.15) is 49.4 Å². The normalized spacial score (nSPS) is 19.5. The van der Waals surface area contributed by atoms with Gasteiger partial charge in [0, 0.05) is 35.9 Å². The molecule has 0 bridgehead atoms. The molecule has 0 aliphatic carbocycles. The smallest absolute Gasteiger partial charge is 0.255 e. The second-order valence-corrected chi connectivity index (χ2v) is 6.22. The molecule has 4 nitrogen and oxygen atoms in total. The van der Waals surface area contributed by atoms with Crippen LogP contribution in [0.2, 0.25) is 0 Å². The molecular formula is C15H19BrN2O2. The van der Waals surface area contributed by atoms with Crippen LogP contribution in [0.15, 0.2) is 22.9 Å². The van der Waals surface area contributed by atoms with Crippen LogP contribution < -0.4 is 0 Å². The van der Waals surface area contributed by atoms with Crippen LogP contribution in [-0.4, -0.2) is 34.2 Å². The minimum absolute atomic E-state index is 0.0213. The summed E-state index contributed by atoms with van der Waals surface area (Å²) in [5.74, 6) is 0.119. The number of pyridine rings is 1. The number of amides is 1. The Morgan fingerprint density at radius 3 is 2.85 bits per heavy atom. The average Bonchev–Trinajstić information content (AvgIpc) is 2.63. The Morgan fingerprint density at radius 2 is 2.15 bits per heavy atom. The number of hydrogen-bond acceptors (Lipinski definition) is 3. The number of halogens is 1. The van der Waals surface area contributed by atoms with Crippen molar-refractivity contribution in [2.24, 2.45) is 0 Å². The van der Waals surface area contributed by atoms with E-state index in [2.05, 4.69) is 20.9 Å². The van der Waals surface area contributed by atoms with Gasteiger partial charge in [-0.2, -0.15) is 0 Å². The largest absolute Gasteiger partial charge is 0.335 e. The number of likely N-dealkylation sites (tertiary alicyclic amines) is 1. The number of Topliss-reactive ketones (excluding diaryl/α,β-unsaturated/α-hetero) is 1. The highest BCUT2D eigenvalue weighted by Gasteiger charge is 2.27. The quantitative estimate of drug-likeness (QED) is 0.850. The lowest BCUT2D eigenvalue weighted by Gasteiger charge is -2.29.